The number of anilines is 1. The number of amides is 1. The summed E-state index contributed by atoms with van der Waals surface area (Å²) in [5.74, 6) is -2.89. The number of rotatable bonds is 7. The van der Waals surface area contributed by atoms with Crippen molar-refractivity contribution in [3.8, 4) is 11.5 Å². The second-order valence-corrected chi connectivity index (χ2v) is 5.19. The molecule has 0 saturated heterocycles. The molecule has 0 aliphatic carbocycles. The van der Waals surface area contributed by atoms with E-state index in [-0.39, 0.29) is 29.2 Å². The fourth-order valence-electron chi connectivity index (χ4n) is 2.29. The van der Waals surface area contributed by atoms with E-state index in [0.29, 0.717) is 5.75 Å². The lowest BCUT2D eigenvalue weighted by atomic mass is 10.1. The molecule has 1 N–H and O–H groups in total. The molecule has 6 nitrogen and oxygen atoms in total. The van der Waals surface area contributed by atoms with Crippen molar-refractivity contribution in [3.63, 3.8) is 0 Å². The Morgan fingerprint density at radius 2 is 1.73 bits per heavy atom. The summed E-state index contributed by atoms with van der Waals surface area (Å²) < 4.78 is 41.6. The SMILES string of the molecule is COCC(=O)c1c(NC(=O)c2ccc(F)c(F)c2)cc(OC)cc1OC. The highest BCUT2D eigenvalue weighted by molar-refractivity contribution is 6.11. The Hall–Kier alpha value is -3.00. The number of halogens is 2. The van der Waals surface area contributed by atoms with Gasteiger partial charge in [0.05, 0.1) is 25.5 Å². The summed E-state index contributed by atoms with van der Waals surface area (Å²) in [6.45, 7) is -0.239. The third-order valence-electron chi connectivity index (χ3n) is 3.52. The van der Waals surface area contributed by atoms with Crippen molar-refractivity contribution in [3.05, 3.63) is 53.1 Å². The fraction of sp³-hybridized carbons (Fsp3) is 0.222. The Kier molecular flexibility index (Phi) is 6.24. The van der Waals surface area contributed by atoms with Crippen LogP contribution in [0.15, 0.2) is 30.3 Å². The molecule has 0 aliphatic heterocycles. The maximum absolute atomic E-state index is 13.4. The van der Waals surface area contributed by atoms with Crippen LogP contribution in [0.3, 0.4) is 0 Å². The van der Waals surface area contributed by atoms with Crippen LogP contribution in [0.4, 0.5) is 14.5 Å². The van der Waals surface area contributed by atoms with Gasteiger partial charge in [-0.1, -0.05) is 0 Å². The summed E-state index contributed by atoms with van der Waals surface area (Å²) in [4.78, 5) is 24.7. The summed E-state index contributed by atoms with van der Waals surface area (Å²) in [6.07, 6.45) is 0. The van der Waals surface area contributed by atoms with E-state index in [9.17, 15) is 18.4 Å². The van der Waals surface area contributed by atoms with Crippen LogP contribution in [0.2, 0.25) is 0 Å². The molecule has 26 heavy (non-hydrogen) atoms. The first kappa shape index (κ1) is 19.3. The second kappa shape index (κ2) is 8.39. The molecule has 138 valence electrons. The van der Waals surface area contributed by atoms with E-state index >= 15 is 0 Å². The van der Waals surface area contributed by atoms with E-state index in [0.717, 1.165) is 18.2 Å². The quantitative estimate of drug-likeness (QED) is 0.764. The molecule has 8 heteroatoms. The van der Waals surface area contributed by atoms with Crippen molar-refractivity contribution in [2.75, 3.05) is 33.3 Å². The molecule has 0 spiro atoms. The lowest BCUT2D eigenvalue weighted by molar-refractivity contribution is 0.0846. The second-order valence-electron chi connectivity index (χ2n) is 5.19. The smallest absolute Gasteiger partial charge is 0.255 e. The minimum Gasteiger partial charge on any atom is -0.497 e. The van der Waals surface area contributed by atoms with E-state index in [2.05, 4.69) is 5.32 Å². The van der Waals surface area contributed by atoms with E-state index in [1.165, 1.54) is 33.5 Å². The number of ketones is 1. The zero-order chi connectivity index (χ0) is 19.3. The summed E-state index contributed by atoms with van der Waals surface area (Å²) in [5, 5.41) is 2.50. The van der Waals surface area contributed by atoms with Gasteiger partial charge in [-0.15, -0.1) is 0 Å². The zero-order valence-electron chi connectivity index (χ0n) is 14.4. The van der Waals surface area contributed by atoms with Gasteiger partial charge in [-0.2, -0.15) is 0 Å². The first-order valence-electron chi connectivity index (χ1n) is 7.45. The van der Waals surface area contributed by atoms with Gasteiger partial charge in [-0.3, -0.25) is 9.59 Å². The first-order chi connectivity index (χ1) is 12.4. The Bertz CT molecular complexity index is 839. The van der Waals surface area contributed by atoms with Gasteiger partial charge in [-0.05, 0) is 18.2 Å². The van der Waals surface area contributed by atoms with Crippen molar-refractivity contribution >= 4 is 17.4 Å². The van der Waals surface area contributed by atoms with Crippen molar-refractivity contribution in [2.45, 2.75) is 0 Å². The number of carbonyl (C=O) groups excluding carboxylic acids is 2. The van der Waals surface area contributed by atoms with Crippen molar-refractivity contribution in [1.82, 2.24) is 0 Å². The molecule has 0 bridgehead atoms. The lowest BCUT2D eigenvalue weighted by Crippen LogP contribution is -2.18. The molecule has 0 atom stereocenters. The van der Waals surface area contributed by atoms with Gasteiger partial charge in [0.2, 0.25) is 0 Å². The summed E-state index contributed by atoms with van der Waals surface area (Å²) >= 11 is 0. The van der Waals surface area contributed by atoms with Crippen molar-refractivity contribution in [2.24, 2.45) is 0 Å². The minimum absolute atomic E-state index is 0.0751. The molecule has 1 amide bonds. The number of nitrogens with one attached hydrogen (secondary N) is 1. The maximum Gasteiger partial charge on any atom is 0.255 e. The average molecular weight is 365 g/mol. The molecule has 2 aromatic rings. The minimum atomic E-state index is -1.16. The van der Waals surface area contributed by atoms with Gasteiger partial charge >= 0.3 is 0 Å². The monoisotopic (exact) mass is 365 g/mol. The molecule has 0 aliphatic rings. The van der Waals surface area contributed by atoms with Crippen LogP contribution >= 0.6 is 0 Å². The summed E-state index contributed by atoms with van der Waals surface area (Å²) in [6, 6.07) is 5.63. The Labute approximate surface area is 148 Å². The van der Waals surface area contributed by atoms with Gasteiger partial charge < -0.3 is 19.5 Å². The van der Waals surface area contributed by atoms with Gasteiger partial charge in [0.25, 0.3) is 5.91 Å². The van der Waals surface area contributed by atoms with Crippen molar-refractivity contribution < 1.29 is 32.6 Å². The molecular formula is C18H17F2NO5. The van der Waals surface area contributed by atoms with E-state index in [1.807, 2.05) is 0 Å². The van der Waals surface area contributed by atoms with Crippen molar-refractivity contribution in [1.29, 1.82) is 0 Å². The number of ether oxygens (including phenoxy) is 3. The highest BCUT2D eigenvalue weighted by Gasteiger charge is 2.21. The molecule has 0 aromatic heterocycles. The average Bonchev–Trinajstić information content (AvgIpc) is 2.63. The fourth-order valence-corrected chi connectivity index (χ4v) is 2.29. The van der Waals surface area contributed by atoms with Gasteiger partial charge in [0.1, 0.15) is 18.1 Å². The topological polar surface area (TPSA) is 73.9 Å². The third-order valence-corrected chi connectivity index (χ3v) is 3.52. The number of benzene rings is 2. The normalized spacial score (nSPS) is 10.3. The molecule has 2 rings (SSSR count). The third kappa shape index (κ3) is 4.15. The van der Waals surface area contributed by atoms with E-state index in [4.69, 9.17) is 14.2 Å². The number of hydrogen-bond donors (Lipinski definition) is 1. The van der Waals surface area contributed by atoms with Gasteiger partial charge in [-0.25, -0.2) is 8.78 Å². The van der Waals surface area contributed by atoms with Crippen LogP contribution in [0.25, 0.3) is 0 Å². The molecule has 0 heterocycles. The van der Waals surface area contributed by atoms with Crippen LogP contribution in [0.5, 0.6) is 11.5 Å². The predicted molar refractivity (Wildman–Crippen MR) is 90.1 cm³/mol. The molecule has 0 fully saturated rings. The van der Waals surface area contributed by atoms with Gasteiger partial charge in [0.15, 0.2) is 17.4 Å². The van der Waals surface area contributed by atoms with Crippen LogP contribution in [-0.4, -0.2) is 39.6 Å². The standard InChI is InChI=1S/C18H17F2NO5/c1-24-9-15(22)17-14(7-11(25-2)8-16(17)26-3)21-18(23)10-4-5-12(19)13(20)6-10/h4-8H,9H2,1-3H3,(H,21,23). The Balaban J connectivity index is 2.46. The Morgan fingerprint density at radius 3 is 2.31 bits per heavy atom. The van der Waals surface area contributed by atoms with E-state index < -0.39 is 23.3 Å². The molecule has 0 radical (unpaired) electrons. The molecule has 0 saturated carbocycles. The maximum atomic E-state index is 13.4. The van der Waals surface area contributed by atoms with Crippen LogP contribution < -0.4 is 14.8 Å². The molecule has 0 unspecified atom stereocenters. The van der Waals surface area contributed by atoms with Crippen LogP contribution in [0.1, 0.15) is 20.7 Å². The predicted octanol–water partition coefficient (Wildman–Crippen LogP) is 3.06. The highest BCUT2D eigenvalue weighted by Crippen LogP contribution is 2.33. The Morgan fingerprint density at radius 1 is 1.00 bits per heavy atom. The van der Waals surface area contributed by atoms with Crippen LogP contribution in [-0.2, 0) is 4.74 Å². The lowest BCUT2D eigenvalue weighted by Gasteiger charge is -2.16. The number of carbonyl (C=O) groups is 2. The van der Waals surface area contributed by atoms with E-state index in [1.54, 1.807) is 0 Å². The number of hydrogen-bond acceptors (Lipinski definition) is 5. The number of Topliss-reactive ketones (excluding diaryl/α,β-unsaturated/α-hetero) is 1. The zero-order valence-corrected chi connectivity index (χ0v) is 14.4. The molecule has 2 aromatic carbocycles. The summed E-state index contributed by atoms with van der Waals surface area (Å²) in [5.41, 5.74) is 0.0555. The molecular weight excluding hydrogens is 348 g/mol. The van der Waals surface area contributed by atoms with Crippen LogP contribution in [0, 0.1) is 11.6 Å². The number of methoxy groups -OCH3 is 3. The first-order valence-corrected chi connectivity index (χ1v) is 7.45. The highest BCUT2D eigenvalue weighted by atomic mass is 19.2. The summed E-state index contributed by atoms with van der Waals surface area (Å²) in [7, 11) is 4.12. The van der Waals surface area contributed by atoms with Gasteiger partial charge in [0, 0.05) is 24.8 Å². The largest absolute Gasteiger partial charge is 0.497 e.